The van der Waals surface area contributed by atoms with Crippen molar-refractivity contribution in [3.8, 4) is 6.07 Å². The maximum absolute atomic E-state index is 8.27. The quantitative estimate of drug-likeness (QED) is 0.502. The van der Waals surface area contributed by atoms with Gasteiger partial charge in [-0.2, -0.15) is 5.26 Å². The van der Waals surface area contributed by atoms with Crippen LogP contribution < -0.4 is 0 Å². The van der Waals surface area contributed by atoms with Gasteiger partial charge >= 0.3 is 0 Å². The zero-order valence-electron chi connectivity index (χ0n) is 6.19. The van der Waals surface area contributed by atoms with Crippen molar-refractivity contribution in [2.45, 2.75) is 31.9 Å². The van der Waals surface area contributed by atoms with E-state index in [2.05, 4.69) is 0 Å². The van der Waals surface area contributed by atoms with Crippen molar-refractivity contribution in [2.75, 3.05) is 0 Å². The molecule has 0 aliphatic rings. The molecule has 0 radical (unpaired) electrons. The van der Waals surface area contributed by atoms with Crippen LogP contribution in [-0.2, 0) is 0 Å². The van der Waals surface area contributed by atoms with Gasteiger partial charge in [0.15, 0.2) is 0 Å². The molecule has 0 spiro atoms. The van der Waals surface area contributed by atoms with Gasteiger partial charge in [-0.25, -0.2) is 0 Å². The third-order valence-electron chi connectivity index (χ3n) is 1.41. The molecule has 0 amide bonds. The Kier molecular flexibility index (Phi) is 4.35. The Morgan fingerprint density at radius 1 is 1.50 bits per heavy atom. The van der Waals surface area contributed by atoms with E-state index in [-0.39, 0.29) is 0 Å². The molecule has 58 valence electrons. The molecule has 0 bridgehead atoms. The summed E-state index contributed by atoms with van der Waals surface area (Å²) >= 11 is 12.0. The molecule has 0 fully saturated rings. The van der Waals surface area contributed by atoms with Gasteiger partial charge in [0.05, 0.1) is 6.07 Å². The van der Waals surface area contributed by atoms with Crippen LogP contribution in [0.4, 0.5) is 0 Å². The predicted molar refractivity (Wildman–Crippen MR) is 47.6 cm³/mol. The lowest BCUT2D eigenvalue weighted by atomic mass is 10.5. The number of hydrogen-bond acceptors (Lipinski definition) is 1. The van der Waals surface area contributed by atoms with Crippen molar-refractivity contribution in [1.82, 2.24) is 0 Å². The average Bonchev–Trinajstić information content (AvgIpc) is 1.84. The van der Waals surface area contributed by atoms with Crippen LogP contribution >= 0.6 is 22.2 Å². The van der Waals surface area contributed by atoms with Crippen LogP contribution in [0.2, 0.25) is 11.6 Å². The van der Waals surface area contributed by atoms with E-state index in [1.807, 2.05) is 19.9 Å². The molecular formula is C6H11Cl2NSi. The van der Waals surface area contributed by atoms with Crippen molar-refractivity contribution in [1.29, 1.82) is 5.26 Å². The van der Waals surface area contributed by atoms with Gasteiger partial charge in [-0.1, -0.05) is 13.8 Å². The first-order valence-electron chi connectivity index (χ1n) is 3.25. The topological polar surface area (TPSA) is 23.8 Å². The predicted octanol–water partition coefficient (Wildman–Crippen LogP) is 3.23. The van der Waals surface area contributed by atoms with E-state index in [0.717, 1.165) is 0 Å². The zero-order valence-corrected chi connectivity index (χ0v) is 8.71. The first-order valence-corrected chi connectivity index (χ1v) is 7.56. The second kappa shape index (κ2) is 4.22. The minimum atomic E-state index is -2.08. The second-order valence-electron chi connectivity index (χ2n) is 2.57. The minimum Gasteiger partial charge on any atom is -0.198 e. The van der Waals surface area contributed by atoms with E-state index < -0.39 is 6.69 Å². The molecule has 0 aromatic heterocycles. The SMILES string of the molecule is CC(C)[Si](Cl)(Cl)CCC#N. The van der Waals surface area contributed by atoms with Crippen LogP contribution in [0, 0.1) is 11.3 Å². The molecule has 0 aromatic carbocycles. The third kappa shape index (κ3) is 3.45. The van der Waals surface area contributed by atoms with Crippen molar-refractivity contribution in [3.63, 3.8) is 0 Å². The molecular weight excluding hydrogens is 185 g/mol. The van der Waals surface area contributed by atoms with Gasteiger partial charge < -0.3 is 0 Å². The fraction of sp³-hybridized carbons (Fsp3) is 0.833. The van der Waals surface area contributed by atoms with Gasteiger partial charge in [0, 0.05) is 6.42 Å². The molecule has 1 nitrogen and oxygen atoms in total. The summed E-state index contributed by atoms with van der Waals surface area (Å²) < 4.78 is 0. The highest BCUT2D eigenvalue weighted by atomic mass is 35.7. The van der Waals surface area contributed by atoms with Crippen LogP contribution in [0.5, 0.6) is 0 Å². The van der Waals surface area contributed by atoms with Gasteiger partial charge in [0.1, 0.15) is 0 Å². The van der Waals surface area contributed by atoms with Crippen LogP contribution in [-0.4, -0.2) is 6.69 Å². The molecule has 0 unspecified atom stereocenters. The molecule has 0 aromatic rings. The van der Waals surface area contributed by atoms with E-state index in [1.54, 1.807) is 0 Å². The molecule has 0 aliphatic carbocycles. The summed E-state index contributed by atoms with van der Waals surface area (Å²) in [6.07, 6.45) is 0.484. The van der Waals surface area contributed by atoms with Crippen molar-refractivity contribution in [2.24, 2.45) is 0 Å². The Balaban J connectivity index is 3.77. The average molecular weight is 196 g/mol. The number of halogens is 2. The van der Waals surface area contributed by atoms with Crippen molar-refractivity contribution >= 4 is 28.9 Å². The highest BCUT2D eigenvalue weighted by Gasteiger charge is 2.31. The zero-order chi connectivity index (χ0) is 8.20. The van der Waals surface area contributed by atoms with Crippen LogP contribution in [0.1, 0.15) is 20.3 Å². The van der Waals surface area contributed by atoms with E-state index in [1.165, 1.54) is 0 Å². The summed E-state index contributed by atoms with van der Waals surface area (Å²) in [7, 11) is 0. The minimum absolute atomic E-state index is 0.337. The summed E-state index contributed by atoms with van der Waals surface area (Å²) in [4.78, 5) is 0. The summed E-state index contributed by atoms with van der Waals surface area (Å²) in [6, 6.07) is 2.73. The first kappa shape index (κ1) is 10.3. The molecule has 0 saturated carbocycles. The molecule has 4 heteroatoms. The second-order valence-corrected chi connectivity index (χ2v) is 10.4. The molecule has 0 saturated heterocycles. The fourth-order valence-corrected chi connectivity index (χ4v) is 2.10. The molecule has 0 atom stereocenters. The number of hydrogen-bond donors (Lipinski definition) is 0. The Hall–Kier alpha value is 0.287. The van der Waals surface area contributed by atoms with Crippen LogP contribution in [0.25, 0.3) is 0 Å². The van der Waals surface area contributed by atoms with E-state index in [4.69, 9.17) is 27.4 Å². The Morgan fingerprint density at radius 2 is 2.00 bits per heavy atom. The first-order chi connectivity index (χ1) is 4.50. The summed E-state index contributed by atoms with van der Waals surface area (Å²) in [5, 5.41) is 8.27. The Labute approximate surface area is 72.4 Å². The largest absolute Gasteiger partial charge is 0.254 e. The van der Waals surface area contributed by atoms with Gasteiger partial charge in [0.25, 0.3) is 6.69 Å². The van der Waals surface area contributed by atoms with Gasteiger partial charge in [-0.15, -0.1) is 22.2 Å². The summed E-state index contributed by atoms with van der Waals surface area (Å²) in [5.74, 6) is 0. The lowest BCUT2D eigenvalue weighted by Crippen LogP contribution is -2.22. The Morgan fingerprint density at radius 3 is 2.30 bits per heavy atom. The highest BCUT2D eigenvalue weighted by molar-refractivity contribution is 7.45. The van der Waals surface area contributed by atoms with E-state index in [9.17, 15) is 0 Å². The van der Waals surface area contributed by atoms with Gasteiger partial charge in [0.2, 0.25) is 0 Å². The van der Waals surface area contributed by atoms with Gasteiger partial charge in [-0.3, -0.25) is 0 Å². The normalized spacial score (nSPS) is 11.6. The lowest BCUT2D eigenvalue weighted by Gasteiger charge is -2.18. The maximum Gasteiger partial charge on any atom is 0.254 e. The smallest absolute Gasteiger partial charge is 0.198 e. The molecule has 0 heterocycles. The number of nitrogens with zero attached hydrogens (tertiary/aromatic N) is 1. The van der Waals surface area contributed by atoms with Crippen molar-refractivity contribution in [3.05, 3.63) is 0 Å². The van der Waals surface area contributed by atoms with Crippen LogP contribution in [0.3, 0.4) is 0 Å². The number of rotatable bonds is 3. The summed E-state index contributed by atoms with van der Waals surface area (Å²) in [5.41, 5.74) is 0.337. The highest BCUT2D eigenvalue weighted by Crippen LogP contribution is 2.33. The molecule has 0 aliphatic heterocycles. The van der Waals surface area contributed by atoms with Crippen molar-refractivity contribution < 1.29 is 0 Å². The molecule has 0 rings (SSSR count). The molecule has 10 heavy (non-hydrogen) atoms. The molecule has 0 N–H and O–H groups in total. The monoisotopic (exact) mass is 195 g/mol. The van der Waals surface area contributed by atoms with Crippen LogP contribution in [0.15, 0.2) is 0 Å². The summed E-state index contributed by atoms with van der Waals surface area (Å²) in [6.45, 7) is 1.93. The van der Waals surface area contributed by atoms with E-state index in [0.29, 0.717) is 18.0 Å². The van der Waals surface area contributed by atoms with Gasteiger partial charge in [-0.05, 0) is 11.6 Å². The lowest BCUT2D eigenvalue weighted by molar-refractivity contribution is 1.02. The fourth-order valence-electron chi connectivity index (χ4n) is 0.511. The van der Waals surface area contributed by atoms with E-state index >= 15 is 0 Å². The standard InChI is InChI=1S/C6H11Cl2NSi/c1-6(2)10(7,8)5-3-4-9/h6H,3,5H2,1-2H3. The third-order valence-corrected chi connectivity index (χ3v) is 7.77. The maximum atomic E-state index is 8.27. The number of nitriles is 1. The Bertz CT molecular complexity index is 139.